The zero-order chi connectivity index (χ0) is 14.9. The molecule has 1 amide bonds. The van der Waals surface area contributed by atoms with E-state index in [9.17, 15) is 18.4 Å². The molecule has 0 saturated heterocycles. The molecule has 5 nitrogen and oxygen atoms in total. The number of ether oxygens (including phenoxy) is 1. The van der Waals surface area contributed by atoms with E-state index in [0.717, 1.165) is 12.1 Å². The molecular formula is C13H13F2NO4. The van der Waals surface area contributed by atoms with Crippen molar-refractivity contribution in [3.8, 4) is 5.75 Å². The Bertz CT molecular complexity index is 549. The first kappa shape index (κ1) is 14.2. The number of rotatable bonds is 5. The Hall–Kier alpha value is -2.18. The topological polar surface area (TPSA) is 75.6 Å². The highest BCUT2D eigenvalue weighted by atomic mass is 19.1. The zero-order valence-electron chi connectivity index (χ0n) is 10.6. The highest BCUT2D eigenvalue weighted by Crippen LogP contribution is 2.35. The fourth-order valence-electron chi connectivity index (χ4n) is 1.89. The lowest BCUT2D eigenvalue weighted by atomic mass is 10.1. The number of aliphatic carboxylic acids is 1. The summed E-state index contributed by atoms with van der Waals surface area (Å²) in [5, 5.41) is 11.4. The van der Waals surface area contributed by atoms with Gasteiger partial charge < -0.3 is 15.2 Å². The SMILES string of the molecule is COc1ccc(F)cc1C(NC(=O)[C@@H]1C[C@@H]1F)C(=O)O. The smallest absolute Gasteiger partial charge is 0.331 e. The Morgan fingerprint density at radius 2 is 2.15 bits per heavy atom. The highest BCUT2D eigenvalue weighted by Gasteiger charge is 2.45. The van der Waals surface area contributed by atoms with E-state index in [1.807, 2.05) is 0 Å². The number of alkyl halides is 1. The maximum Gasteiger partial charge on any atom is 0.331 e. The van der Waals surface area contributed by atoms with E-state index in [2.05, 4.69) is 5.32 Å². The number of carbonyl (C=O) groups is 2. The van der Waals surface area contributed by atoms with E-state index in [-0.39, 0.29) is 17.7 Å². The summed E-state index contributed by atoms with van der Waals surface area (Å²) >= 11 is 0. The molecule has 108 valence electrons. The predicted octanol–water partition coefficient (Wildman–Crippen LogP) is 1.43. The quantitative estimate of drug-likeness (QED) is 0.858. The maximum atomic E-state index is 13.3. The first-order chi connectivity index (χ1) is 9.43. The third-order valence-electron chi connectivity index (χ3n) is 3.09. The van der Waals surface area contributed by atoms with Crippen LogP contribution in [0.4, 0.5) is 8.78 Å². The number of carboxylic acids is 1. The van der Waals surface area contributed by atoms with Crippen molar-refractivity contribution in [3.63, 3.8) is 0 Å². The third kappa shape index (κ3) is 2.87. The molecule has 7 heteroatoms. The van der Waals surface area contributed by atoms with Crippen LogP contribution in [0.5, 0.6) is 5.75 Å². The van der Waals surface area contributed by atoms with Crippen LogP contribution in [0.25, 0.3) is 0 Å². The lowest BCUT2D eigenvalue weighted by molar-refractivity contribution is -0.142. The summed E-state index contributed by atoms with van der Waals surface area (Å²) in [7, 11) is 1.30. The van der Waals surface area contributed by atoms with E-state index < -0.39 is 35.8 Å². The summed E-state index contributed by atoms with van der Waals surface area (Å²) in [5.41, 5.74) is -0.0237. The number of methoxy groups -OCH3 is 1. The molecule has 1 aliphatic rings. The van der Waals surface area contributed by atoms with Gasteiger partial charge in [0.25, 0.3) is 0 Å². The number of benzene rings is 1. The van der Waals surface area contributed by atoms with Gasteiger partial charge >= 0.3 is 5.97 Å². The number of nitrogens with one attached hydrogen (secondary N) is 1. The number of amides is 1. The number of hydrogen-bond acceptors (Lipinski definition) is 3. The second kappa shape index (κ2) is 5.44. The van der Waals surface area contributed by atoms with Gasteiger partial charge in [0.1, 0.15) is 17.7 Å². The molecule has 0 radical (unpaired) electrons. The van der Waals surface area contributed by atoms with E-state index in [1.54, 1.807) is 0 Å². The van der Waals surface area contributed by atoms with Crippen molar-refractivity contribution < 1.29 is 28.2 Å². The summed E-state index contributed by atoms with van der Waals surface area (Å²) < 4.78 is 31.0. The summed E-state index contributed by atoms with van der Waals surface area (Å²) in [6.07, 6.45) is -1.16. The lowest BCUT2D eigenvalue weighted by Gasteiger charge is -2.17. The zero-order valence-corrected chi connectivity index (χ0v) is 10.6. The third-order valence-corrected chi connectivity index (χ3v) is 3.09. The molecule has 1 saturated carbocycles. The fourth-order valence-corrected chi connectivity index (χ4v) is 1.89. The summed E-state index contributed by atoms with van der Waals surface area (Å²) in [6, 6.07) is 1.86. The molecule has 2 N–H and O–H groups in total. The van der Waals surface area contributed by atoms with Crippen molar-refractivity contribution in [1.82, 2.24) is 5.32 Å². The average Bonchev–Trinajstić information content (AvgIpc) is 3.12. The van der Waals surface area contributed by atoms with Crippen LogP contribution in [-0.4, -0.2) is 30.3 Å². The molecule has 1 aliphatic carbocycles. The van der Waals surface area contributed by atoms with Gasteiger partial charge in [0.15, 0.2) is 6.04 Å². The van der Waals surface area contributed by atoms with Crippen molar-refractivity contribution in [3.05, 3.63) is 29.6 Å². The highest BCUT2D eigenvalue weighted by molar-refractivity contribution is 5.88. The van der Waals surface area contributed by atoms with E-state index in [1.165, 1.54) is 13.2 Å². The molecule has 1 aromatic carbocycles. The van der Waals surface area contributed by atoms with E-state index in [4.69, 9.17) is 9.84 Å². The van der Waals surface area contributed by atoms with Gasteiger partial charge in [-0.15, -0.1) is 0 Å². The standard InChI is InChI=1S/C13H13F2NO4/c1-20-10-3-2-6(14)4-8(10)11(13(18)19)16-12(17)7-5-9(7)15/h2-4,7,9,11H,5H2,1H3,(H,16,17)(H,18,19)/t7-,9+,11?/m1/s1. The van der Waals surface area contributed by atoms with Gasteiger partial charge in [0.2, 0.25) is 5.91 Å². The first-order valence-corrected chi connectivity index (χ1v) is 5.94. The van der Waals surface area contributed by atoms with Crippen molar-refractivity contribution >= 4 is 11.9 Å². The molecular weight excluding hydrogens is 272 g/mol. The predicted molar refractivity (Wildman–Crippen MR) is 64.5 cm³/mol. The number of carboxylic acid groups (broad SMARTS) is 1. The van der Waals surface area contributed by atoms with Gasteiger partial charge in [0, 0.05) is 5.56 Å². The van der Waals surface area contributed by atoms with Crippen LogP contribution >= 0.6 is 0 Å². The molecule has 20 heavy (non-hydrogen) atoms. The molecule has 0 aliphatic heterocycles. The molecule has 3 atom stereocenters. The van der Waals surface area contributed by atoms with Crippen LogP contribution in [0.3, 0.4) is 0 Å². The minimum Gasteiger partial charge on any atom is -0.496 e. The minimum absolute atomic E-state index is 0.0237. The second-order valence-electron chi connectivity index (χ2n) is 4.52. The lowest BCUT2D eigenvalue weighted by Crippen LogP contribution is -2.35. The maximum absolute atomic E-state index is 13.3. The van der Waals surface area contributed by atoms with Gasteiger partial charge in [-0.05, 0) is 24.6 Å². The van der Waals surface area contributed by atoms with Gasteiger partial charge in [-0.2, -0.15) is 0 Å². The fraction of sp³-hybridized carbons (Fsp3) is 0.385. The van der Waals surface area contributed by atoms with E-state index in [0.29, 0.717) is 0 Å². The number of carbonyl (C=O) groups excluding carboxylic acids is 1. The average molecular weight is 285 g/mol. The Labute approximate surface area is 113 Å². The van der Waals surface area contributed by atoms with Gasteiger partial charge in [0.05, 0.1) is 13.0 Å². The van der Waals surface area contributed by atoms with Crippen LogP contribution in [-0.2, 0) is 9.59 Å². The van der Waals surface area contributed by atoms with Crippen molar-refractivity contribution in [1.29, 1.82) is 0 Å². The molecule has 0 bridgehead atoms. The normalized spacial score (nSPS) is 21.9. The second-order valence-corrected chi connectivity index (χ2v) is 4.52. The molecule has 1 aromatic rings. The number of hydrogen-bond donors (Lipinski definition) is 2. The Balaban J connectivity index is 2.26. The molecule has 1 fully saturated rings. The first-order valence-electron chi connectivity index (χ1n) is 5.94. The molecule has 0 spiro atoms. The summed E-state index contributed by atoms with van der Waals surface area (Å²) in [4.78, 5) is 22.9. The monoisotopic (exact) mass is 285 g/mol. The van der Waals surface area contributed by atoms with Crippen molar-refractivity contribution in [2.75, 3.05) is 7.11 Å². The van der Waals surface area contributed by atoms with Gasteiger partial charge in [-0.1, -0.05) is 0 Å². The van der Waals surface area contributed by atoms with Crippen molar-refractivity contribution in [2.45, 2.75) is 18.6 Å². The van der Waals surface area contributed by atoms with Crippen LogP contribution in [0.1, 0.15) is 18.0 Å². The summed E-state index contributed by atoms with van der Waals surface area (Å²) in [6.45, 7) is 0. The van der Waals surface area contributed by atoms with Crippen LogP contribution in [0.2, 0.25) is 0 Å². The largest absolute Gasteiger partial charge is 0.496 e. The van der Waals surface area contributed by atoms with Gasteiger partial charge in [-0.25, -0.2) is 13.6 Å². The van der Waals surface area contributed by atoms with E-state index >= 15 is 0 Å². The van der Waals surface area contributed by atoms with Crippen LogP contribution in [0, 0.1) is 11.7 Å². The van der Waals surface area contributed by atoms with Crippen LogP contribution in [0.15, 0.2) is 18.2 Å². The Kier molecular flexibility index (Phi) is 3.87. The Morgan fingerprint density at radius 1 is 1.50 bits per heavy atom. The molecule has 1 unspecified atom stereocenters. The molecule has 0 aromatic heterocycles. The molecule has 0 heterocycles. The molecule has 2 rings (SSSR count). The number of halogens is 2. The summed E-state index contributed by atoms with van der Waals surface area (Å²) in [5.74, 6) is -3.42. The van der Waals surface area contributed by atoms with Crippen LogP contribution < -0.4 is 10.1 Å². The van der Waals surface area contributed by atoms with Gasteiger partial charge in [-0.3, -0.25) is 4.79 Å². The van der Waals surface area contributed by atoms with Crippen molar-refractivity contribution in [2.24, 2.45) is 5.92 Å². The Morgan fingerprint density at radius 3 is 2.65 bits per heavy atom. The minimum atomic E-state index is -1.49.